The summed E-state index contributed by atoms with van der Waals surface area (Å²) in [4.78, 5) is 0. The molecule has 0 aliphatic carbocycles. The van der Waals surface area contributed by atoms with E-state index in [0.29, 0.717) is 6.04 Å². The van der Waals surface area contributed by atoms with Gasteiger partial charge < -0.3 is 10.1 Å². The average molecular weight is 235 g/mol. The molecule has 0 spiro atoms. The fraction of sp³-hybridized carbons (Fsp3) is 0.600. The minimum absolute atomic E-state index is 0.256. The van der Waals surface area contributed by atoms with Crippen LogP contribution in [0.2, 0.25) is 0 Å². The minimum atomic E-state index is 0.256. The van der Waals surface area contributed by atoms with Gasteiger partial charge in [0.25, 0.3) is 0 Å². The highest BCUT2D eigenvalue weighted by atomic mass is 16.5. The SMILES string of the molecule is CCC(C)NCC(CC)Oc1ccc(C)cc1. The molecule has 0 radical (unpaired) electrons. The standard InChI is InChI=1S/C15H25NO/c1-5-13(4)16-11-14(6-2)17-15-9-7-12(3)8-10-15/h7-10,13-14,16H,5-6,11H2,1-4H3. The molecule has 0 aliphatic heterocycles. The van der Waals surface area contributed by atoms with Crippen molar-refractivity contribution in [2.75, 3.05) is 6.54 Å². The first kappa shape index (κ1) is 14.0. The van der Waals surface area contributed by atoms with Crippen LogP contribution in [0.15, 0.2) is 24.3 Å². The highest BCUT2D eigenvalue weighted by molar-refractivity contribution is 5.26. The summed E-state index contributed by atoms with van der Waals surface area (Å²) in [5.74, 6) is 0.966. The van der Waals surface area contributed by atoms with Gasteiger partial charge in [0.15, 0.2) is 0 Å². The van der Waals surface area contributed by atoms with Gasteiger partial charge in [-0.3, -0.25) is 0 Å². The fourth-order valence-corrected chi connectivity index (χ4v) is 1.56. The zero-order valence-electron chi connectivity index (χ0n) is 11.5. The quantitative estimate of drug-likeness (QED) is 0.780. The van der Waals surface area contributed by atoms with Crippen LogP contribution in [-0.4, -0.2) is 18.7 Å². The lowest BCUT2D eigenvalue weighted by Crippen LogP contribution is -2.36. The van der Waals surface area contributed by atoms with Crippen molar-refractivity contribution in [2.24, 2.45) is 0 Å². The van der Waals surface area contributed by atoms with Crippen LogP contribution in [0.3, 0.4) is 0 Å². The van der Waals surface area contributed by atoms with Gasteiger partial charge in [0, 0.05) is 12.6 Å². The molecule has 0 heterocycles. The topological polar surface area (TPSA) is 21.3 Å². The maximum Gasteiger partial charge on any atom is 0.119 e. The Bertz CT molecular complexity index is 307. The third-order valence-corrected chi connectivity index (χ3v) is 3.09. The van der Waals surface area contributed by atoms with Crippen LogP contribution < -0.4 is 10.1 Å². The molecule has 0 bridgehead atoms. The Morgan fingerprint density at radius 1 is 1.12 bits per heavy atom. The highest BCUT2D eigenvalue weighted by Gasteiger charge is 2.09. The number of rotatable bonds is 7. The van der Waals surface area contributed by atoms with Crippen LogP contribution in [0.25, 0.3) is 0 Å². The summed E-state index contributed by atoms with van der Waals surface area (Å²) in [6.45, 7) is 9.57. The molecular weight excluding hydrogens is 210 g/mol. The van der Waals surface area contributed by atoms with Crippen molar-refractivity contribution in [3.8, 4) is 5.75 Å². The molecule has 0 fully saturated rings. The Balaban J connectivity index is 2.43. The Morgan fingerprint density at radius 2 is 1.76 bits per heavy atom. The summed E-state index contributed by atoms with van der Waals surface area (Å²) >= 11 is 0. The normalized spacial score (nSPS) is 14.4. The van der Waals surface area contributed by atoms with Gasteiger partial charge in [-0.1, -0.05) is 31.5 Å². The van der Waals surface area contributed by atoms with E-state index in [1.54, 1.807) is 0 Å². The van der Waals surface area contributed by atoms with Gasteiger partial charge in [0.05, 0.1) is 0 Å². The zero-order chi connectivity index (χ0) is 12.7. The van der Waals surface area contributed by atoms with Gasteiger partial charge in [0.1, 0.15) is 11.9 Å². The minimum Gasteiger partial charge on any atom is -0.489 e. The first-order valence-electron chi connectivity index (χ1n) is 6.62. The Labute approximate surface area is 105 Å². The molecule has 0 amide bonds. The van der Waals surface area contributed by atoms with Crippen LogP contribution in [0.1, 0.15) is 39.2 Å². The number of benzene rings is 1. The van der Waals surface area contributed by atoms with Gasteiger partial charge in [-0.05, 0) is 38.8 Å². The molecule has 2 nitrogen and oxygen atoms in total. The first-order chi connectivity index (χ1) is 8.15. The van der Waals surface area contributed by atoms with Gasteiger partial charge in [-0.2, -0.15) is 0 Å². The van der Waals surface area contributed by atoms with Crippen LogP contribution in [0.4, 0.5) is 0 Å². The second-order valence-electron chi connectivity index (χ2n) is 4.68. The summed E-state index contributed by atoms with van der Waals surface area (Å²) in [6, 6.07) is 8.82. The van der Waals surface area contributed by atoms with E-state index >= 15 is 0 Å². The second-order valence-corrected chi connectivity index (χ2v) is 4.68. The molecule has 2 atom stereocenters. The van der Waals surface area contributed by atoms with Crippen LogP contribution in [-0.2, 0) is 0 Å². The third kappa shape index (κ3) is 5.22. The molecule has 0 aromatic heterocycles. The molecule has 1 aromatic carbocycles. The monoisotopic (exact) mass is 235 g/mol. The van der Waals surface area contributed by atoms with Gasteiger partial charge in [0.2, 0.25) is 0 Å². The maximum absolute atomic E-state index is 5.95. The lowest BCUT2D eigenvalue weighted by Gasteiger charge is -2.20. The highest BCUT2D eigenvalue weighted by Crippen LogP contribution is 2.14. The number of hydrogen-bond donors (Lipinski definition) is 1. The van der Waals surface area contributed by atoms with Gasteiger partial charge >= 0.3 is 0 Å². The predicted molar refractivity (Wildman–Crippen MR) is 73.6 cm³/mol. The van der Waals surface area contributed by atoms with E-state index in [-0.39, 0.29) is 6.10 Å². The van der Waals surface area contributed by atoms with Crippen molar-refractivity contribution >= 4 is 0 Å². The van der Waals surface area contributed by atoms with E-state index in [1.165, 1.54) is 5.56 Å². The van der Waals surface area contributed by atoms with E-state index in [9.17, 15) is 0 Å². The molecule has 0 saturated heterocycles. The number of ether oxygens (including phenoxy) is 1. The summed E-state index contributed by atoms with van der Waals surface area (Å²) < 4.78 is 5.95. The maximum atomic E-state index is 5.95. The van der Waals surface area contributed by atoms with Gasteiger partial charge in [-0.15, -0.1) is 0 Å². The van der Waals surface area contributed by atoms with Crippen molar-refractivity contribution in [1.29, 1.82) is 0 Å². The van der Waals surface area contributed by atoms with E-state index in [2.05, 4.69) is 45.1 Å². The third-order valence-electron chi connectivity index (χ3n) is 3.09. The van der Waals surface area contributed by atoms with Crippen molar-refractivity contribution < 1.29 is 4.74 Å². The molecule has 17 heavy (non-hydrogen) atoms. The summed E-state index contributed by atoms with van der Waals surface area (Å²) in [6.07, 6.45) is 2.44. The van der Waals surface area contributed by atoms with E-state index < -0.39 is 0 Å². The van der Waals surface area contributed by atoms with Crippen molar-refractivity contribution in [2.45, 2.75) is 52.7 Å². The Kier molecular flexibility index (Phi) is 6.06. The molecule has 96 valence electrons. The van der Waals surface area contributed by atoms with E-state index in [1.807, 2.05) is 12.1 Å². The largest absolute Gasteiger partial charge is 0.489 e. The Morgan fingerprint density at radius 3 is 2.29 bits per heavy atom. The van der Waals surface area contributed by atoms with Crippen LogP contribution in [0, 0.1) is 6.92 Å². The smallest absolute Gasteiger partial charge is 0.119 e. The lowest BCUT2D eigenvalue weighted by atomic mass is 10.2. The molecular formula is C15H25NO. The summed E-state index contributed by atoms with van der Waals surface area (Å²) in [5.41, 5.74) is 1.27. The second kappa shape index (κ2) is 7.33. The first-order valence-corrected chi connectivity index (χ1v) is 6.62. The van der Waals surface area contributed by atoms with Crippen LogP contribution >= 0.6 is 0 Å². The van der Waals surface area contributed by atoms with Crippen molar-refractivity contribution in [3.63, 3.8) is 0 Å². The molecule has 0 saturated carbocycles. The van der Waals surface area contributed by atoms with Crippen molar-refractivity contribution in [1.82, 2.24) is 5.32 Å². The fourth-order valence-electron chi connectivity index (χ4n) is 1.56. The van der Waals surface area contributed by atoms with E-state index in [0.717, 1.165) is 25.1 Å². The Hall–Kier alpha value is -1.02. The average Bonchev–Trinajstić information content (AvgIpc) is 2.36. The number of aryl methyl sites for hydroxylation is 1. The van der Waals surface area contributed by atoms with Crippen LogP contribution in [0.5, 0.6) is 5.75 Å². The predicted octanol–water partition coefficient (Wildman–Crippen LogP) is 3.54. The number of nitrogens with one attached hydrogen (secondary N) is 1. The number of hydrogen-bond acceptors (Lipinski definition) is 2. The van der Waals surface area contributed by atoms with Crippen molar-refractivity contribution in [3.05, 3.63) is 29.8 Å². The zero-order valence-corrected chi connectivity index (χ0v) is 11.5. The molecule has 1 rings (SSSR count). The molecule has 1 aromatic rings. The molecule has 2 unspecified atom stereocenters. The lowest BCUT2D eigenvalue weighted by molar-refractivity contribution is 0.189. The van der Waals surface area contributed by atoms with E-state index in [4.69, 9.17) is 4.74 Å². The summed E-state index contributed by atoms with van der Waals surface area (Å²) in [7, 11) is 0. The molecule has 1 N–H and O–H groups in total. The molecule has 0 aliphatic rings. The summed E-state index contributed by atoms with van der Waals surface area (Å²) in [5, 5.41) is 3.49. The molecule has 2 heteroatoms. The van der Waals surface area contributed by atoms with Gasteiger partial charge in [-0.25, -0.2) is 0 Å².